The van der Waals surface area contributed by atoms with Crippen LogP contribution in [0.15, 0.2) is 78.9 Å². The molecule has 0 saturated heterocycles. The summed E-state index contributed by atoms with van der Waals surface area (Å²) in [6.07, 6.45) is 3.05. The molecular formula is C33H38N3O4+. The fourth-order valence-electron chi connectivity index (χ4n) is 5.04. The minimum absolute atomic E-state index is 0.260. The Morgan fingerprint density at radius 2 is 1.70 bits per heavy atom. The molecular weight excluding hydrogens is 502 g/mol. The van der Waals surface area contributed by atoms with Crippen LogP contribution in [0.25, 0.3) is 21.9 Å². The fraction of sp³-hybridized carbons (Fsp3) is 0.303. The number of carbonyl (C=O) groups excluding carboxylic acids is 2. The highest BCUT2D eigenvalue weighted by Gasteiger charge is 2.39. The molecule has 1 heterocycles. The number of quaternary nitrogens is 1. The number of ether oxygens (including phenoxy) is 2. The minimum atomic E-state index is -0.675. The Hall–Kier alpha value is -4.23. The van der Waals surface area contributed by atoms with Crippen LogP contribution in [-0.2, 0) is 16.0 Å². The molecule has 7 nitrogen and oxygen atoms in total. The zero-order valence-electron chi connectivity index (χ0n) is 23.7. The lowest BCUT2D eigenvalue weighted by molar-refractivity contribution is -0.912. The molecule has 1 aromatic heterocycles. The van der Waals surface area contributed by atoms with Gasteiger partial charge in [0, 0.05) is 22.2 Å². The second-order valence-electron chi connectivity index (χ2n) is 10.6. The topological polar surface area (TPSA) is 91.5 Å². The van der Waals surface area contributed by atoms with Gasteiger partial charge in [0.15, 0.2) is 0 Å². The van der Waals surface area contributed by atoms with Crippen LogP contribution in [0.4, 0.5) is 0 Å². The predicted octanol–water partition coefficient (Wildman–Crippen LogP) is 5.71. The summed E-state index contributed by atoms with van der Waals surface area (Å²) in [5.41, 5.74) is 9.38. The van der Waals surface area contributed by atoms with Crippen molar-refractivity contribution < 1.29 is 23.5 Å². The number of hydrogen-bond donors (Lipinski definition) is 1. The van der Waals surface area contributed by atoms with Gasteiger partial charge in [0.05, 0.1) is 21.2 Å². The molecule has 0 aliphatic heterocycles. The summed E-state index contributed by atoms with van der Waals surface area (Å²) in [6.45, 7) is 3.01. The number of rotatable bonds is 12. The van der Waals surface area contributed by atoms with Crippen molar-refractivity contribution in [2.24, 2.45) is 5.73 Å². The van der Waals surface area contributed by atoms with Crippen molar-refractivity contribution in [3.05, 3.63) is 95.7 Å². The number of primary amides is 1. The SMILES string of the molecule is CCCCc1cc2ccccc2c(OCC[N+](C)(C)[C@@H](C(=O)OC)c2ccc(C(N)=O)cc2-c2ccccc2)n1. The molecule has 0 unspecified atom stereocenters. The van der Waals surface area contributed by atoms with Crippen LogP contribution in [0.1, 0.15) is 47.4 Å². The molecule has 3 aromatic carbocycles. The van der Waals surface area contributed by atoms with Crippen LogP contribution in [0.3, 0.4) is 0 Å². The van der Waals surface area contributed by atoms with Gasteiger partial charge in [0.1, 0.15) is 13.2 Å². The van der Waals surface area contributed by atoms with Crippen LogP contribution >= 0.6 is 0 Å². The number of aromatic nitrogens is 1. The number of esters is 1. The molecule has 4 rings (SSSR count). The fourth-order valence-corrected chi connectivity index (χ4v) is 5.04. The first-order valence-corrected chi connectivity index (χ1v) is 13.7. The number of methoxy groups -OCH3 is 1. The Morgan fingerprint density at radius 1 is 0.975 bits per heavy atom. The van der Waals surface area contributed by atoms with Gasteiger partial charge < -0.3 is 19.7 Å². The maximum atomic E-state index is 13.3. The van der Waals surface area contributed by atoms with Crippen molar-refractivity contribution in [2.45, 2.75) is 32.2 Å². The van der Waals surface area contributed by atoms with Crippen LogP contribution in [0.5, 0.6) is 5.88 Å². The van der Waals surface area contributed by atoms with E-state index in [1.54, 1.807) is 18.2 Å². The Morgan fingerprint density at radius 3 is 2.40 bits per heavy atom. The van der Waals surface area contributed by atoms with E-state index in [2.05, 4.69) is 19.1 Å². The van der Waals surface area contributed by atoms with Gasteiger partial charge in [-0.25, -0.2) is 9.78 Å². The summed E-state index contributed by atoms with van der Waals surface area (Å²) < 4.78 is 11.9. The summed E-state index contributed by atoms with van der Waals surface area (Å²) in [5.74, 6) is -0.296. The van der Waals surface area contributed by atoms with Gasteiger partial charge in [-0.2, -0.15) is 0 Å². The van der Waals surface area contributed by atoms with Crippen molar-refractivity contribution in [1.29, 1.82) is 0 Å². The van der Waals surface area contributed by atoms with Gasteiger partial charge in [-0.15, -0.1) is 0 Å². The molecule has 0 spiro atoms. The van der Waals surface area contributed by atoms with E-state index in [1.165, 1.54) is 7.11 Å². The highest BCUT2D eigenvalue weighted by atomic mass is 16.5. The maximum Gasteiger partial charge on any atom is 0.369 e. The molecule has 0 aliphatic rings. The molecule has 0 aliphatic carbocycles. The molecule has 4 aromatic rings. The Balaban J connectivity index is 1.66. The van der Waals surface area contributed by atoms with Gasteiger partial charge in [-0.3, -0.25) is 4.79 Å². The third-order valence-electron chi connectivity index (χ3n) is 7.29. The van der Waals surface area contributed by atoms with E-state index in [0.29, 0.717) is 24.6 Å². The third-order valence-corrected chi connectivity index (χ3v) is 7.29. The first-order valence-electron chi connectivity index (χ1n) is 13.7. The number of benzene rings is 3. The van der Waals surface area contributed by atoms with E-state index in [0.717, 1.165) is 52.4 Å². The maximum absolute atomic E-state index is 13.3. The molecule has 1 atom stereocenters. The number of fused-ring (bicyclic) bond motifs is 1. The smallest absolute Gasteiger partial charge is 0.369 e. The molecule has 208 valence electrons. The molecule has 0 saturated carbocycles. The van der Waals surface area contributed by atoms with E-state index in [1.807, 2.05) is 62.6 Å². The first kappa shape index (κ1) is 28.8. The van der Waals surface area contributed by atoms with Gasteiger partial charge in [0.2, 0.25) is 17.8 Å². The molecule has 2 N–H and O–H groups in total. The van der Waals surface area contributed by atoms with E-state index in [9.17, 15) is 9.59 Å². The van der Waals surface area contributed by atoms with E-state index < -0.39 is 11.9 Å². The predicted molar refractivity (Wildman–Crippen MR) is 158 cm³/mol. The van der Waals surface area contributed by atoms with Crippen LogP contribution in [-0.4, -0.2) is 55.7 Å². The zero-order chi connectivity index (χ0) is 28.7. The standard InChI is InChI=1S/C33H37N3O4/c1-5-6-15-26-21-24-14-10-11-16-27(24)32(35-26)40-20-19-36(2,3)30(33(38)39-4)28-18-17-25(31(34)37)22-29(28)23-12-8-7-9-13-23/h7-14,16-18,21-22,30H,5-6,15,19-20H2,1-4H3,(H-,34,37)/p+1/t30-/m1/s1. The van der Waals surface area contributed by atoms with Crippen molar-refractivity contribution in [1.82, 2.24) is 4.98 Å². The number of pyridine rings is 1. The quantitative estimate of drug-likeness (QED) is 0.184. The number of hydrogen-bond acceptors (Lipinski definition) is 5. The van der Waals surface area contributed by atoms with Crippen LogP contribution in [0, 0.1) is 0 Å². The van der Waals surface area contributed by atoms with E-state index in [4.69, 9.17) is 20.2 Å². The lowest BCUT2D eigenvalue weighted by Crippen LogP contribution is -2.49. The van der Waals surface area contributed by atoms with Crippen molar-refractivity contribution >= 4 is 22.6 Å². The van der Waals surface area contributed by atoms with Gasteiger partial charge >= 0.3 is 5.97 Å². The number of carbonyl (C=O) groups is 2. The van der Waals surface area contributed by atoms with E-state index in [-0.39, 0.29) is 10.5 Å². The largest absolute Gasteiger partial charge is 0.471 e. The second-order valence-corrected chi connectivity index (χ2v) is 10.6. The van der Waals surface area contributed by atoms with Gasteiger partial charge in [0.25, 0.3) is 0 Å². The van der Waals surface area contributed by atoms with Gasteiger partial charge in [-0.05, 0) is 53.6 Å². The lowest BCUT2D eigenvalue weighted by Gasteiger charge is -2.37. The highest BCUT2D eigenvalue weighted by Crippen LogP contribution is 2.36. The highest BCUT2D eigenvalue weighted by molar-refractivity contribution is 5.95. The zero-order valence-corrected chi connectivity index (χ0v) is 23.7. The van der Waals surface area contributed by atoms with E-state index >= 15 is 0 Å². The number of unbranched alkanes of at least 4 members (excludes halogenated alkanes) is 1. The summed E-state index contributed by atoms with van der Waals surface area (Å²) >= 11 is 0. The summed E-state index contributed by atoms with van der Waals surface area (Å²) in [6, 6.07) is 24.4. The number of amides is 1. The monoisotopic (exact) mass is 540 g/mol. The first-order chi connectivity index (χ1) is 19.2. The molecule has 0 bridgehead atoms. The van der Waals surface area contributed by atoms with Gasteiger partial charge in [-0.1, -0.05) is 67.9 Å². The lowest BCUT2D eigenvalue weighted by atomic mass is 9.91. The summed E-state index contributed by atoms with van der Waals surface area (Å²) in [5, 5.41) is 2.06. The Kier molecular flexibility index (Phi) is 9.17. The average Bonchev–Trinajstić information content (AvgIpc) is 2.96. The Bertz CT molecular complexity index is 1480. The average molecular weight is 541 g/mol. The van der Waals surface area contributed by atoms with Crippen molar-refractivity contribution in [3.63, 3.8) is 0 Å². The van der Waals surface area contributed by atoms with Crippen LogP contribution < -0.4 is 10.5 Å². The van der Waals surface area contributed by atoms with Crippen LogP contribution in [0.2, 0.25) is 0 Å². The van der Waals surface area contributed by atoms with Crippen molar-refractivity contribution in [3.8, 4) is 17.0 Å². The summed E-state index contributed by atoms with van der Waals surface area (Å²) in [4.78, 5) is 30.2. The molecule has 0 radical (unpaired) electrons. The molecule has 1 amide bonds. The number of nitrogens with two attached hydrogens (primary N) is 1. The third kappa shape index (κ3) is 6.49. The molecule has 0 fully saturated rings. The second kappa shape index (κ2) is 12.7. The normalized spacial score (nSPS) is 12.2. The number of aryl methyl sites for hydroxylation is 1. The number of nitrogens with zero attached hydrogens (tertiary/aromatic N) is 2. The molecule has 40 heavy (non-hydrogen) atoms. The summed E-state index contributed by atoms with van der Waals surface area (Å²) in [7, 11) is 5.35. The number of likely N-dealkylation sites (N-methyl/N-ethyl adjacent to an activating group) is 1. The molecule has 7 heteroatoms. The van der Waals surface area contributed by atoms with Crippen molar-refractivity contribution in [2.75, 3.05) is 34.4 Å². The minimum Gasteiger partial charge on any atom is -0.471 e. The Labute approximate surface area is 236 Å².